The standard InChI is InChI=1S/C17H25N3O3/c1-3-20(11-16(21)22)15-8-14(9-15)19-17(23)18-10-13-7-5-4-6-12(13)2/h4-7,14-15H,3,8-11H2,1-2H3,(H,21,22)(H2,18,19,23). The maximum Gasteiger partial charge on any atom is 0.317 e. The van der Waals surface area contributed by atoms with Gasteiger partial charge in [-0.1, -0.05) is 31.2 Å². The van der Waals surface area contributed by atoms with Gasteiger partial charge in [0.25, 0.3) is 0 Å². The zero-order valence-electron chi connectivity index (χ0n) is 13.7. The number of rotatable bonds is 7. The Labute approximate surface area is 136 Å². The molecule has 0 saturated heterocycles. The van der Waals surface area contributed by atoms with E-state index in [1.165, 1.54) is 0 Å². The van der Waals surface area contributed by atoms with Crippen molar-refractivity contribution in [1.82, 2.24) is 15.5 Å². The van der Waals surface area contributed by atoms with E-state index in [0.29, 0.717) is 13.1 Å². The number of carbonyl (C=O) groups excluding carboxylic acids is 1. The van der Waals surface area contributed by atoms with Gasteiger partial charge in [0.2, 0.25) is 0 Å². The molecular formula is C17H25N3O3. The third kappa shape index (κ3) is 4.96. The highest BCUT2D eigenvalue weighted by Crippen LogP contribution is 2.25. The molecule has 1 aromatic carbocycles. The summed E-state index contributed by atoms with van der Waals surface area (Å²) in [7, 11) is 0. The topological polar surface area (TPSA) is 81.7 Å². The van der Waals surface area contributed by atoms with Crippen LogP contribution >= 0.6 is 0 Å². The number of carboxylic acids is 1. The summed E-state index contributed by atoms with van der Waals surface area (Å²) in [6, 6.07) is 8.16. The lowest BCUT2D eigenvalue weighted by atomic mass is 9.85. The molecule has 6 nitrogen and oxygen atoms in total. The van der Waals surface area contributed by atoms with Gasteiger partial charge in [0, 0.05) is 18.6 Å². The van der Waals surface area contributed by atoms with Gasteiger partial charge in [-0.2, -0.15) is 0 Å². The maximum absolute atomic E-state index is 11.9. The van der Waals surface area contributed by atoms with Crippen LogP contribution in [0.1, 0.15) is 30.9 Å². The summed E-state index contributed by atoms with van der Waals surface area (Å²) in [5.74, 6) is -0.806. The number of amides is 2. The number of hydrogen-bond acceptors (Lipinski definition) is 3. The van der Waals surface area contributed by atoms with Gasteiger partial charge in [0.1, 0.15) is 0 Å². The summed E-state index contributed by atoms with van der Waals surface area (Å²) in [5.41, 5.74) is 2.26. The highest BCUT2D eigenvalue weighted by Gasteiger charge is 2.34. The van der Waals surface area contributed by atoms with Crippen molar-refractivity contribution in [3.05, 3.63) is 35.4 Å². The zero-order chi connectivity index (χ0) is 16.8. The molecule has 0 radical (unpaired) electrons. The largest absolute Gasteiger partial charge is 0.480 e. The molecule has 3 N–H and O–H groups in total. The molecule has 1 saturated carbocycles. The number of nitrogens with zero attached hydrogens (tertiary/aromatic N) is 1. The molecule has 1 aliphatic carbocycles. The van der Waals surface area contributed by atoms with Gasteiger partial charge >= 0.3 is 12.0 Å². The van der Waals surface area contributed by atoms with Crippen molar-refractivity contribution in [3.63, 3.8) is 0 Å². The zero-order valence-corrected chi connectivity index (χ0v) is 13.7. The quantitative estimate of drug-likeness (QED) is 0.715. The predicted octanol–water partition coefficient (Wildman–Crippen LogP) is 1.73. The van der Waals surface area contributed by atoms with Crippen LogP contribution < -0.4 is 10.6 Å². The second-order valence-electron chi connectivity index (χ2n) is 6.03. The Morgan fingerprint density at radius 1 is 1.30 bits per heavy atom. The van der Waals surface area contributed by atoms with Gasteiger partial charge in [-0.05, 0) is 37.4 Å². The normalized spacial score (nSPS) is 20.0. The van der Waals surface area contributed by atoms with Crippen LogP contribution in [-0.2, 0) is 11.3 Å². The van der Waals surface area contributed by atoms with E-state index in [9.17, 15) is 9.59 Å². The second kappa shape index (κ2) is 7.97. The monoisotopic (exact) mass is 319 g/mol. The van der Waals surface area contributed by atoms with Crippen LogP contribution in [0, 0.1) is 6.92 Å². The van der Waals surface area contributed by atoms with Gasteiger partial charge in [0.05, 0.1) is 6.54 Å². The maximum atomic E-state index is 11.9. The van der Waals surface area contributed by atoms with Crippen molar-refractivity contribution in [2.75, 3.05) is 13.1 Å². The molecule has 0 aliphatic heterocycles. The van der Waals surface area contributed by atoms with Gasteiger partial charge in [-0.3, -0.25) is 9.69 Å². The van der Waals surface area contributed by atoms with Crippen LogP contribution in [0.15, 0.2) is 24.3 Å². The minimum atomic E-state index is -0.806. The van der Waals surface area contributed by atoms with Crippen molar-refractivity contribution < 1.29 is 14.7 Å². The SMILES string of the molecule is CCN(CC(=O)O)C1CC(NC(=O)NCc2ccccc2C)C1. The summed E-state index contributed by atoms with van der Waals surface area (Å²) in [5, 5.41) is 14.7. The Balaban J connectivity index is 1.70. The van der Waals surface area contributed by atoms with Crippen molar-refractivity contribution in [1.29, 1.82) is 0 Å². The fourth-order valence-corrected chi connectivity index (χ4v) is 2.90. The average Bonchev–Trinajstić information content (AvgIpc) is 2.47. The summed E-state index contributed by atoms with van der Waals surface area (Å²) < 4.78 is 0. The fraction of sp³-hybridized carbons (Fsp3) is 0.529. The highest BCUT2D eigenvalue weighted by molar-refractivity contribution is 5.74. The smallest absolute Gasteiger partial charge is 0.317 e. The van der Waals surface area contributed by atoms with E-state index in [1.807, 2.05) is 43.0 Å². The molecule has 1 aliphatic rings. The molecule has 0 heterocycles. The fourth-order valence-electron chi connectivity index (χ4n) is 2.90. The Morgan fingerprint density at radius 3 is 2.61 bits per heavy atom. The van der Waals surface area contributed by atoms with E-state index in [2.05, 4.69) is 10.6 Å². The van der Waals surface area contributed by atoms with Gasteiger partial charge < -0.3 is 15.7 Å². The van der Waals surface area contributed by atoms with Crippen molar-refractivity contribution >= 4 is 12.0 Å². The Morgan fingerprint density at radius 2 is 2.00 bits per heavy atom. The molecule has 0 spiro atoms. The molecule has 23 heavy (non-hydrogen) atoms. The van der Waals surface area contributed by atoms with E-state index in [0.717, 1.165) is 24.0 Å². The van der Waals surface area contributed by atoms with Crippen LogP contribution in [0.3, 0.4) is 0 Å². The molecule has 1 aromatic rings. The number of carbonyl (C=O) groups is 2. The lowest BCUT2D eigenvalue weighted by Crippen LogP contribution is -2.56. The number of aliphatic carboxylic acids is 1. The first-order valence-corrected chi connectivity index (χ1v) is 8.04. The van der Waals surface area contributed by atoms with Crippen molar-refractivity contribution in [2.24, 2.45) is 0 Å². The summed E-state index contributed by atoms with van der Waals surface area (Å²) >= 11 is 0. The van der Waals surface area contributed by atoms with Crippen LogP contribution in [0.5, 0.6) is 0 Å². The van der Waals surface area contributed by atoms with Crippen LogP contribution in [0.2, 0.25) is 0 Å². The highest BCUT2D eigenvalue weighted by atomic mass is 16.4. The van der Waals surface area contributed by atoms with Gasteiger partial charge in [0.15, 0.2) is 0 Å². The molecular weight excluding hydrogens is 294 g/mol. The predicted molar refractivity (Wildman–Crippen MR) is 88.2 cm³/mol. The summed E-state index contributed by atoms with van der Waals surface area (Å²) in [6.45, 7) is 5.26. The van der Waals surface area contributed by atoms with Gasteiger partial charge in [-0.15, -0.1) is 0 Å². The number of aryl methyl sites for hydroxylation is 1. The average molecular weight is 319 g/mol. The summed E-state index contributed by atoms with van der Waals surface area (Å²) in [6.07, 6.45) is 1.61. The first-order valence-electron chi connectivity index (χ1n) is 8.04. The molecule has 0 bridgehead atoms. The molecule has 6 heteroatoms. The molecule has 2 amide bonds. The van der Waals surface area contributed by atoms with Crippen LogP contribution in [0.4, 0.5) is 4.79 Å². The molecule has 0 atom stereocenters. The van der Waals surface area contributed by atoms with Crippen molar-refractivity contribution in [2.45, 2.75) is 45.3 Å². The molecule has 126 valence electrons. The van der Waals surface area contributed by atoms with Crippen LogP contribution in [0.25, 0.3) is 0 Å². The Bertz CT molecular complexity index is 556. The third-order valence-corrected chi connectivity index (χ3v) is 4.41. The van der Waals surface area contributed by atoms with Crippen LogP contribution in [-0.4, -0.2) is 47.2 Å². The number of benzene rings is 1. The number of likely N-dealkylation sites (N-methyl/N-ethyl adjacent to an activating group) is 1. The molecule has 0 unspecified atom stereocenters. The van der Waals surface area contributed by atoms with Gasteiger partial charge in [-0.25, -0.2) is 4.79 Å². The minimum Gasteiger partial charge on any atom is -0.480 e. The minimum absolute atomic E-state index is 0.0629. The summed E-state index contributed by atoms with van der Waals surface area (Å²) in [4.78, 5) is 24.7. The molecule has 2 rings (SSSR count). The number of nitrogens with one attached hydrogen (secondary N) is 2. The van der Waals surface area contributed by atoms with E-state index in [4.69, 9.17) is 5.11 Å². The van der Waals surface area contributed by atoms with E-state index < -0.39 is 5.97 Å². The number of hydrogen-bond donors (Lipinski definition) is 3. The number of urea groups is 1. The van der Waals surface area contributed by atoms with E-state index in [-0.39, 0.29) is 24.7 Å². The lowest BCUT2D eigenvalue weighted by molar-refractivity contribution is -0.139. The Hall–Kier alpha value is -2.08. The van der Waals surface area contributed by atoms with E-state index >= 15 is 0 Å². The van der Waals surface area contributed by atoms with E-state index in [1.54, 1.807) is 0 Å². The second-order valence-corrected chi connectivity index (χ2v) is 6.03. The molecule has 0 aromatic heterocycles. The first-order chi connectivity index (χ1) is 11.0. The Kier molecular flexibility index (Phi) is 5.98. The third-order valence-electron chi connectivity index (χ3n) is 4.41. The first kappa shape index (κ1) is 17.3. The molecule has 1 fully saturated rings. The lowest BCUT2D eigenvalue weighted by Gasteiger charge is -2.42. The number of carboxylic acid groups (broad SMARTS) is 1. The van der Waals surface area contributed by atoms with Crippen molar-refractivity contribution in [3.8, 4) is 0 Å².